The summed E-state index contributed by atoms with van der Waals surface area (Å²) in [6.07, 6.45) is 6.89. The summed E-state index contributed by atoms with van der Waals surface area (Å²) in [5.74, 6) is -0.916. The first-order chi connectivity index (χ1) is 14.0. The average molecular weight is 382 g/mol. The second-order valence-electron chi connectivity index (χ2n) is 7.71. The normalized spacial score (nSPS) is 18.4. The molecule has 3 aromatic carbocycles. The molecule has 0 spiro atoms. The van der Waals surface area contributed by atoms with Crippen LogP contribution >= 0.6 is 0 Å². The number of hydrogen-bond donors (Lipinski definition) is 1. The van der Waals surface area contributed by atoms with Crippen LogP contribution < -0.4 is 0 Å². The van der Waals surface area contributed by atoms with Crippen molar-refractivity contribution in [3.05, 3.63) is 96.1 Å². The first-order valence-corrected chi connectivity index (χ1v) is 9.71. The van der Waals surface area contributed by atoms with Gasteiger partial charge in [-0.2, -0.15) is 4.58 Å². The fourth-order valence-corrected chi connectivity index (χ4v) is 4.49. The summed E-state index contributed by atoms with van der Waals surface area (Å²) in [7, 11) is 2.09. The molecule has 1 unspecified atom stereocenters. The van der Waals surface area contributed by atoms with Crippen molar-refractivity contribution in [1.82, 2.24) is 0 Å². The lowest BCUT2D eigenvalue weighted by Crippen LogP contribution is -2.30. The predicted molar refractivity (Wildman–Crippen MR) is 119 cm³/mol. The van der Waals surface area contributed by atoms with Crippen molar-refractivity contribution in [3.8, 4) is 0 Å². The Labute approximate surface area is 170 Å². The lowest BCUT2D eigenvalue weighted by Gasteiger charge is -2.22. The lowest BCUT2D eigenvalue weighted by atomic mass is 9.74. The molecule has 4 rings (SSSR count). The van der Waals surface area contributed by atoms with Gasteiger partial charge in [-0.1, -0.05) is 42.5 Å². The number of fused-ring (bicyclic) bond motifs is 3. The zero-order chi connectivity index (χ0) is 20.6. The topological polar surface area (TPSA) is 40.3 Å². The number of carboxylic acids is 1. The summed E-state index contributed by atoms with van der Waals surface area (Å²) in [4.78, 5) is 11.3. The van der Waals surface area contributed by atoms with Crippen molar-refractivity contribution < 1.29 is 14.5 Å². The molecule has 3 heteroatoms. The molecule has 3 aromatic rings. The summed E-state index contributed by atoms with van der Waals surface area (Å²) in [6, 6.07) is 19.8. The largest absolute Gasteiger partial charge is 0.478 e. The molecular weight excluding hydrogens is 358 g/mol. The molecule has 1 aliphatic rings. The highest BCUT2D eigenvalue weighted by atomic mass is 16.4. The van der Waals surface area contributed by atoms with Crippen LogP contribution in [0.25, 0.3) is 16.8 Å². The van der Waals surface area contributed by atoms with Crippen molar-refractivity contribution in [2.24, 2.45) is 0 Å². The van der Waals surface area contributed by atoms with Crippen LogP contribution in [-0.2, 0) is 5.41 Å². The van der Waals surface area contributed by atoms with Gasteiger partial charge in [-0.3, -0.25) is 0 Å². The van der Waals surface area contributed by atoms with E-state index in [1.807, 2.05) is 18.2 Å². The number of nitrogens with zero attached hydrogens (tertiary/aromatic N) is 1. The summed E-state index contributed by atoms with van der Waals surface area (Å²) < 4.78 is 2.24. The number of allylic oxidation sites excluding steroid dienone is 2. The Hall–Kier alpha value is -3.46. The van der Waals surface area contributed by atoms with Gasteiger partial charge in [0, 0.05) is 17.7 Å². The van der Waals surface area contributed by atoms with E-state index in [2.05, 4.69) is 67.6 Å². The van der Waals surface area contributed by atoms with Crippen molar-refractivity contribution in [3.63, 3.8) is 0 Å². The minimum absolute atomic E-state index is 0.215. The third-order valence-electron chi connectivity index (χ3n) is 5.87. The van der Waals surface area contributed by atoms with Gasteiger partial charge in [-0.25, -0.2) is 4.79 Å². The molecule has 0 saturated heterocycles. The van der Waals surface area contributed by atoms with Crippen LogP contribution in [0.5, 0.6) is 0 Å². The third kappa shape index (κ3) is 3.09. The number of benzene rings is 3. The predicted octanol–water partition coefficient (Wildman–Crippen LogP) is 5.81. The van der Waals surface area contributed by atoms with Gasteiger partial charge in [0.15, 0.2) is 5.71 Å². The van der Waals surface area contributed by atoms with E-state index in [0.717, 1.165) is 12.0 Å². The quantitative estimate of drug-likeness (QED) is 0.447. The van der Waals surface area contributed by atoms with E-state index in [4.69, 9.17) is 0 Å². The fraction of sp³-hybridized carbons (Fsp3) is 0.154. The van der Waals surface area contributed by atoms with Crippen LogP contribution in [0.1, 0.15) is 34.8 Å². The minimum Gasteiger partial charge on any atom is -0.478 e. The molecule has 0 radical (unpaired) electrons. The molecule has 1 aliphatic heterocycles. The standard InChI is InChI=1S/C26H23NO2/c1-4-16-26(2)23(15-12-18-8-7-10-20(17-18)25(28)29)27(3)22-14-13-19-9-5-6-11-21(19)24(22)26/h4-15,17H,1,16H2,2-3H3/p+1. The summed E-state index contributed by atoms with van der Waals surface area (Å²) >= 11 is 0. The number of rotatable bonds is 5. The fourth-order valence-electron chi connectivity index (χ4n) is 4.49. The molecule has 0 bridgehead atoms. The maximum absolute atomic E-state index is 11.3. The number of aromatic carboxylic acids is 1. The zero-order valence-electron chi connectivity index (χ0n) is 16.7. The molecule has 29 heavy (non-hydrogen) atoms. The Morgan fingerprint density at radius 1 is 1.10 bits per heavy atom. The Morgan fingerprint density at radius 2 is 1.90 bits per heavy atom. The van der Waals surface area contributed by atoms with Gasteiger partial charge in [0.2, 0.25) is 5.69 Å². The van der Waals surface area contributed by atoms with Gasteiger partial charge < -0.3 is 5.11 Å². The van der Waals surface area contributed by atoms with Crippen molar-refractivity contribution >= 4 is 34.2 Å². The van der Waals surface area contributed by atoms with E-state index in [1.54, 1.807) is 18.2 Å². The highest BCUT2D eigenvalue weighted by molar-refractivity contribution is 6.09. The summed E-state index contributed by atoms with van der Waals surface area (Å²) in [5, 5.41) is 11.7. The van der Waals surface area contributed by atoms with Crippen molar-refractivity contribution in [2.45, 2.75) is 18.8 Å². The maximum atomic E-state index is 11.3. The number of carboxylic acid groups (broad SMARTS) is 1. The Morgan fingerprint density at radius 3 is 2.66 bits per heavy atom. The summed E-state index contributed by atoms with van der Waals surface area (Å²) in [5.41, 5.74) is 4.63. The molecule has 1 N–H and O–H groups in total. The Balaban J connectivity index is 1.85. The van der Waals surface area contributed by atoms with E-state index < -0.39 is 5.97 Å². The van der Waals surface area contributed by atoms with Crippen LogP contribution in [0.15, 0.2) is 79.4 Å². The van der Waals surface area contributed by atoms with E-state index in [0.29, 0.717) is 5.56 Å². The molecule has 1 heterocycles. The number of carbonyl (C=O) groups is 1. The molecule has 0 amide bonds. The van der Waals surface area contributed by atoms with Crippen LogP contribution in [0.2, 0.25) is 0 Å². The van der Waals surface area contributed by atoms with Gasteiger partial charge >= 0.3 is 5.97 Å². The van der Waals surface area contributed by atoms with Crippen LogP contribution in [-0.4, -0.2) is 28.4 Å². The van der Waals surface area contributed by atoms with Crippen LogP contribution in [0.3, 0.4) is 0 Å². The highest BCUT2D eigenvalue weighted by Crippen LogP contribution is 2.46. The highest BCUT2D eigenvalue weighted by Gasteiger charge is 2.46. The summed E-state index contributed by atoms with van der Waals surface area (Å²) in [6.45, 7) is 6.27. The number of hydrogen-bond acceptors (Lipinski definition) is 1. The monoisotopic (exact) mass is 382 g/mol. The van der Waals surface area contributed by atoms with E-state index in [1.165, 1.54) is 27.7 Å². The average Bonchev–Trinajstić information content (AvgIpc) is 2.94. The van der Waals surface area contributed by atoms with Crippen LogP contribution in [0, 0.1) is 0 Å². The molecule has 144 valence electrons. The van der Waals surface area contributed by atoms with E-state index >= 15 is 0 Å². The third-order valence-corrected chi connectivity index (χ3v) is 5.87. The van der Waals surface area contributed by atoms with Gasteiger partial charge in [0.05, 0.1) is 11.0 Å². The van der Waals surface area contributed by atoms with Crippen LogP contribution in [0.4, 0.5) is 5.69 Å². The van der Waals surface area contributed by atoms with Crippen molar-refractivity contribution in [1.29, 1.82) is 0 Å². The first-order valence-electron chi connectivity index (χ1n) is 9.71. The van der Waals surface area contributed by atoms with E-state index in [-0.39, 0.29) is 5.41 Å². The molecule has 3 nitrogen and oxygen atoms in total. The smallest absolute Gasteiger partial charge is 0.335 e. The molecule has 0 aromatic heterocycles. The van der Waals surface area contributed by atoms with Gasteiger partial charge in [-0.15, -0.1) is 6.58 Å². The van der Waals surface area contributed by atoms with Gasteiger partial charge in [0.25, 0.3) is 0 Å². The Kier molecular flexibility index (Phi) is 4.67. The first kappa shape index (κ1) is 18.9. The molecule has 0 fully saturated rings. The molecule has 1 atom stereocenters. The van der Waals surface area contributed by atoms with Crippen molar-refractivity contribution in [2.75, 3.05) is 7.05 Å². The second-order valence-corrected chi connectivity index (χ2v) is 7.71. The molecular formula is C26H24NO2+. The zero-order valence-corrected chi connectivity index (χ0v) is 16.7. The SMILES string of the molecule is C=CCC1(C)C(C=Cc2cccc(C(=O)O)c2)=[N+](C)c2ccc3ccccc3c21. The lowest BCUT2D eigenvalue weighted by molar-refractivity contribution is -0.401. The maximum Gasteiger partial charge on any atom is 0.335 e. The Bertz CT molecular complexity index is 1200. The van der Waals surface area contributed by atoms with Gasteiger partial charge in [0.1, 0.15) is 7.05 Å². The van der Waals surface area contributed by atoms with E-state index in [9.17, 15) is 9.90 Å². The molecule has 0 saturated carbocycles. The second kappa shape index (κ2) is 7.17. The minimum atomic E-state index is -0.916. The van der Waals surface area contributed by atoms with Gasteiger partial charge in [-0.05, 0) is 54.0 Å². The molecule has 0 aliphatic carbocycles.